The number of methoxy groups -OCH3 is 1. The number of carbonyl (C=O) groups is 2. The van der Waals surface area contributed by atoms with E-state index in [9.17, 15) is 35.9 Å². The highest BCUT2D eigenvalue weighted by atomic mass is 19.4. The van der Waals surface area contributed by atoms with E-state index < -0.39 is 77.1 Å². The Morgan fingerprint density at radius 3 is 2.39 bits per heavy atom. The minimum atomic E-state index is -4.85. The lowest BCUT2D eigenvalue weighted by Gasteiger charge is -2.38. The highest BCUT2D eigenvalue weighted by Gasteiger charge is 2.46. The molecule has 51 heavy (non-hydrogen) atoms. The lowest BCUT2D eigenvalue weighted by atomic mass is 9.95. The number of amides is 1. The number of nitrogens with one attached hydrogen (secondary N) is 1. The van der Waals surface area contributed by atoms with Gasteiger partial charge in [0.1, 0.15) is 40.6 Å². The van der Waals surface area contributed by atoms with Gasteiger partial charge in [-0.05, 0) is 42.7 Å². The molecule has 2 aromatic carbocycles. The molecule has 2 aromatic heterocycles. The fraction of sp³-hybridized carbons (Fsp3) is 0.353. The van der Waals surface area contributed by atoms with Crippen molar-refractivity contribution in [1.29, 1.82) is 0 Å². The zero-order valence-electron chi connectivity index (χ0n) is 26.6. The van der Waals surface area contributed by atoms with Crippen LogP contribution in [-0.4, -0.2) is 73.1 Å². The molecule has 1 aliphatic carbocycles. The van der Waals surface area contributed by atoms with Gasteiger partial charge in [0, 0.05) is 42.0 Å². The number of hydrogen-bond acceptors (Lipinski definition) is 8. The van der Waals surface area contributed by atoms with Crippen molar-refractivity contribution >= 4 is 28.5 Å². The largest absolute Gasteiger partial charge is 0.490 e. The number of morpholine rings is 1. The van der Waals surface area contributed by atoms with Crippen molar-refractivity contribution < 1.29 is 58.9 Å². The van der Waals surface area contributed by atoms with Crippen LogP contribution in [0.15, 0.2) is 54.9 Å². The monoisotopic (exact) mass is 724 g/mol. The topological polar surface area (TPSA) is 103 Å². The fourth-order valence-electron chi connectivity index (χ4n) is 5.90. The smallest absolute Gasteiger partial charge is 0.422 e. The van der Waals surface area contributed by atoms with Gasteiger partial charge < -0.3 is 24.4 Å². The number of anilines is 1. The van der Waals surface area contributed by atoms with Crippen molar-refractivity contribution in [3.05, 3.63) is 83.2 Å². The summed E-state index contributed by atoms with van der Waals surface area (Å²) in [6, 6.07) is 4.28. The first-order chi connectivity index (χ1) is 24.2. The van der Waals surface area contributed by atoms with Gasteiger partial charge in [-0.3, -0.25) is 14.8 Å². The third-order valence-electron chi connectivity index (χ3n) is 8.44. The molecule has 6 rings (SSSR count). The number of carbonyl (C=O) groups excluding carboxylic acids is 2. The van der Waals surface area contributed by atoms with Gasteiger partial charge in [0.2, 0.25) is 0 Å². The Hall–Kier alpha value is -5.06. The molecule has 3 heterocycles. The second-order valence-corrected chi connectivity index (χ2v) is 11.9. The number of alkyl halides is 6. The van der Waals surface area contributed by atoms with Gasteiger partial charge in [0.15, 0.2) is 0 Å². The molecular weight excluding hydrogens is 696 g/mol. The zero-order valence-corrected chi connectivity index (χ0v) is 26.6. The number of benzene rings is 2. The molecule has 1 amide bonds. The average molecular weight is 725 g/mol. The molecule has 1 saturated carbocycles. The standard InChI is InChI=1S/C34H28F8N4O5/c1-49-32(48)24(45-31(47)27-22(35)14-18(15-23(27)36)46-11-12-50-16-26(46)33(37,38)39)13-17-4-7-21(29-20(17)3-2-9-43-29)30-28(34(40,41)42)25(8-10-44-30)51-19-5-6-19/h2-4,7-10,14-15,19,24,26H,5-6,11-13,16H2,1H3,(H,45,47)/t24-,26+/m0/s1. The summed E-state index contributed by atoms with van der Waals surface area (Å²) in [4.78, 5) is 35.1. The maximum absolute atomic E-state index is 15.3. The number of halogens is 8. The first kappa shape index (κ1) is 35.8. The van der Waals surface area contributed by atoms with Crippen LogP contribution in [0.3, 0.4) is 0 Å². The number of rotatable bonds is 9. The van der Waals surface area contributed by atoms with E-state index in [1.165, 1.54) is 36.7 Å². The van der Waals surface area contributed by atoms with E-state index in [-0.39, 0.29) is 47.9 Å². The molecule has 0 radical (unpaired) electrons. The summed E-state index contributed by atoms with van der Waals surface area (Å²) < 4.78 is 130. The lowest BCUT2D eigenvalue weighted by Crippen LogP contribution is -2.53. The van der Waals surface area contributed by atoms with Crippen LogP contribution in [-0.2, 0) is 26.9 Å². The van der Waals surface area contributed by atoms with Crippen LogP contribution >= 0.6 is 0 Å². The van der Waals surface area contributed by atoms with E-state index in [1.807, 2.05) is 0 Å². The molecule has 4 aromatic rings. The number of hydrogen-bond donors (Lipinski definition) is 1. The van der Waals surface area contributed by atoms with Crippen LogP contribution in [0.4, 0.5) is 40.8 Å². The van der Waals surface area contributed by atoms with Gasteiger partial charge >= 0.3 is 18.3 Å². The molecule has 0 unspecified atom stereocenters. The van der Waals surface area contributed by atoms with Crippen LogP contribution in [0.25, 0.3) is 22.2 Å². The fourth-order valence-corrected chi connectivity index (χ4v) is 5.90. The highest BCUT2D eigenvalue weighted by molar-refractivity contribution is 5.99. The van der Waals surface area contributed by atoms with E-state index >= 15 is 8.78 Å². The Labute approximate surface area is 284 Å². The van der Waals surface area contributed by atoms with Crippen LogP contribution < -0.4 is 15.0 Å². The Balaban J connectivity index is 1.31. The van der Waals surface area contributed by atoms with Gasteiger partial charge in [0.25, 0.3) is 5.91 Å². The summed E-state index contributed by atoms with van der Waals surface area (Å²) in [7, 11) is 1.00. The molecule has 0 bridgehead atoms. The molecule has 17 heteroatoms. The zero-order chi connectivity index (χ0) is 36.7. The molecule has 1 saturated heterocycles. The van der Waals surface area contributed by atoms with Crippen molar-refractivity contribution in [2.45, 2.75) is 49.8 Å². The summed E-state index contributed by atoms with van der Waals surface area (Å²) in [5, 5.41) is 2.48. The Morgan fingerprint density at radius 2 is 1.75 bits per heavy atom. The number of esters is 1. The third-order valence-corrected chi connectivity index (χ3v) is 8.44. The summed E-state index contributed by atoms with van der Waals surface area (Å²) >= 11 is 0. The minimum Gasteiger partial charge on any atom is -0.490 e. The number of fused-ring (bicyclic) bond motifs is 1. The quantitative estimate of drug-likeness (QED) is 0.156. The molecular formula is C34H28F8N4O5. The van der Waals surface area contributed by atoms with E-state index in [4.69, 9.17) is 14.2 Å². The molecule has 1 N–H and O–H groups in total. The van der Waals surface area contributed by atoms with E-state index in [0.29, 0.717) is 30.5 Å². The summed E-state index contributed by atoms with van der Waals surface area (Å²) in [5.74, 6) is -5.80. The summed E-state index contributed by atoms with van der Waals surface area (Å²) in [6.07, 6.45) is -6.56. The SMILES string of the molecule is COC(=O)[C@H](Cc1ccc(-c2nccc(OC3CC3)c2C(F)(F)F)c2ncccc12)NC(=O)c1c(F)cc(N2CCOC[C@@H]2C(F)(F)F)cc1F. The van der Waals surface area contributed by atoms with E-state index in [1.54, 1.807) is 0 Å². The van der Waals surface area contributed by atoms with Gasteiger partial charge in [0.05, 0.1) is 37.6 Å². The van der Waals surface area contributed by atoms with Crippen LogP contribution in [0, 0.1) is 11.6 Å². The van der Waals surface area contributed by atoms with Crippen LogP contribution in [0.2, 0.25) is 0 Å². The maximum atomic E-state index is 15.3. The van der Waals surface area contributed by atoms with Crippen molar-refractivity contribution in [3.63, 3.8) is 0 Å². The van der Waals surface area contributed by atoms with Gasteiger partial charge in [-0.1, -0.05) is 18.2 Å². The van der Waals surface area contributed by atoms with E-state index in [0.717, 1.165) is 18.1 Å². The summed E-state index contributed by atoms with van der Waals surface area (Å²) in [6.45, 7) is -1.22. The third kappa shape index (κ3) is 7.52. The van der Waals surface area contributed by atoms with E-state index in [2.05, 4.69) is 15.3 Å². The van der Waals surface area contributed by atoms with Gasteiger partial charge in [-0.15, -0.1) is 0 Å². The van der Waals surface area contributed by atoms with Crippen molar-refractivity contribution in [2.75, 3.05) is 31.8 Å². The second kappa shape index (κ2) is 13.9. The number of ether oxygens (including phenoxy) is 3. The molecule has 0 spiro atoms. The Kier molecular flexibility index (Phi) is 9.76. The van der Waals surface area contributed by atoms with Crippen LogP contribution in [0.1, 0.15) is 34.3 Å². The molecule has 2 atom stereocenters. The Morgan fingerprint density at radius 1 is 1.02 bits per heavy atom. The average Bonchev–Trinajstić information content (AvgIpc) is 3.90. The lowest BCUT2D eigenvalue weighted by molar-refractivity contribution is -0.167. The molecule has 9 nitrogen and oxygen atoms in total. The van der Waals surface area contributed by atoms with Crippen molar-refractivity contribution in [2.24, 2.45) is 0 Å². The summed E-state index contributed by atoms with van der Waals surface area (Å²) in [5.41, 5.74) is -2.80. The first-order valence-corrected chi connectivity index (χ1v) is 15.6. The van der Waals surface area contributed by atoms with Gasteiger partial charge in [-0.2, -0.15) is 26.3 Å². The Bertz CT molecular complexity index is 1940. The normalized spacial score (nSPS) is 17.3. The number of pyridine rings is 2. The predicted octanol–water partition coefficient (Wildman–Crippen LogP) is 6.42. The van der Waals surface area contributed by atoms with Crippen LogP contribution in [0.5, 0.6) is 5.75 Å². The highest BCUT2D eigenvalue weighted by Crippen LogP contribution is 2.45. The minimum absolute atomic E-state index is 0.00108. The second-order valence-electron chi connectivity index (χ2n) is 11.9. The first-order valence-electron chi connectivity index (χ1n) is 15.6. The van der Waals surface area contributed by atoms with Crippen molar-refractivity contribution in [1.82, 2.24) is 15.3 Å². The molecule has 2 aliphatic rings. The maximum Gasteiger partial charge on any atom is 0.422 e. The predicted molar refractivity (Wildman–Crippen MR) is 165 cm³/mol. The molecule has 270 valence electrons. The van der Waals surface area contributed by atoms with Crippen molar-refractivity contribution in [3.8, 4) is 17.0 Å². The molecule has 2 fully saturated rings. The number of aromatic nitrogens is 2. The van der Waals surface area contributed by atoms with Gasteiger partial charge in [-0.25, -0.2) is 13.6 Å². The molecule has 1 aliphatic heterocycles. The number of nitrogens with zero attached hydrogens (tertiary/aromatic N) is 3.